The molecule has 0 radical (unpaired) electrons. The molecule has 0 spiro atoms. The van der Waals surface area contributed by atoms with Crippen LogP contribution in [0.3, 0.4) is 0 Å². The Balaban J connectivity index is 1.86. The zero-order valence-corrected chi connectivity index (χ0v) is 11.0. The van der Waals surface area contributed by atoms with Crippen LogP contribution in [-0.4, -0.2) is 18.1 Å². The van der Waals surface area contributed by atoms with E-state index >= 15 is 0 Å². The van der Waals surface area contributed by atoms with E-state index < -0.39 is 0 Å². The first-order valence-corrected chi connectivity index (χ1v) is 7.01. The maximum atomic E-state index is 5.83. The normalized spacial score (nSPS) is 15.7. The van der Waals surface area contributed by atoms with Gasteiger partial charge in [0.15, 0.2) is 11.5 Å². The molecule has 0 bridgehead atoms. The molecule has 0 amide bonds. The van der Waals surface area contributed by atoms with Crippen LogP contribution >= 0.6 is 0 Å². The van der Waals surface area contributed by atoms with Crippen molar-refractivity contribution >= 4 is 16.8 Å². The molecule has 1 aromatic heterocycles. The Hall–Kier alpha value is -1.51. The van der Waals surface area contributed by atoms with Crippen molar-refractivity contribution in [2.45, 2.75) is 39.0 Å². The van der Waals surface area contributed by atoms with Crippen molar-refractivity contribution in [2.75, 3.05) is 18.0 Å². The van der Waals surface area contributed by atoms with Gasteiger partial charge in [0.25, 0.3) is 0 Å². The van der Waals surface area contributed by atoms with Crippen LogP contribution in [0.4, 0.5) is 5.69 Å². The van der Waals surface area contributed by atoms with Gasteiger partial charge in [-0.3, -0.25) is 0 Å². The number of aromatic nitrogens is 1. The molecule has 0 atom stereocenters. The smallest absolute Gasteiger partial charge is 0.195 e. The van der Waals surface area contributed by atoms with Crippen molar-refractivity contribution in [3.05, 3.63) is 24.1 Å². The standard InChI is InChI=1S/C15H20N2O/c1-2-3-6-15-16-13-8-7-12(11-14(13)18-15)17-9-4-5-10-17/h7-8,11H,2-6,9-10H2,1H3. The number of benzene rings is 1. The lowest BCUT2D eigenvalue weighted by atomic mass is 10.2. The van der Waals surface area contributed by atoms with Crippen LogP contribution in [0.5, 0.6) is 0 Å². The number of aryl methyl sites for hydroxylation is 1. The van der Waals surface area contributed by atoms with Crippen LogP contribution in [0.15, 0.2) is 22.6 Å². The Labute approximate surface area is 108 Å². The van der Waals surface area contributed by atoms with E-state index in [0.29, 0.717) is 0 Å². The van der Waals surface area contributed by atoms with Crippen molar-refractivity contribution in [3.63, 3.8) is 0 Å². The summed E-state index contributed by atoms with van der Waals surface area (Å²) in [6.45, 7) is 4.53. The molecule has 3 nitrogen and oxygen atoms in total. The summed E-state index contributed by atoms with van der Waals surface area (Å²) in [7, 11) is 0. The second-order valence-corrected chi connectivity index (χ2v) is 5.06. The Morgan fingerprint density at radius 2 is 2.11 bits per heavy atom. The summed E-state index contributed by atoms with van der Waals surface area (Å²) in [6, 6.07) is 6.39. The first kappa shape index (κ1) is 11.6. The SMILES string of the molecule is CCCCc1nc2ccc(N3CCCC3)cc2o1. The number of hydrogen-bond donors (Lipinski definition) is 0. The second-order valence-electron chi connectivity index (χ2n) is 5.06. The van der Waals surface area contributed by atoms with E-state index in [9.17, 15) is 0 Å². The zero-order valence-electron chi connectivity index (χ0n) is 11.0. The molecule has 18 heavy (non-hydrogen) atoms. The Morgan fingerprint density at radius 3 is 2.89 bits per heavy atom. The third-order valence-corrected chi connectivity index (χ3v) is 3.63. The summed E-state index contributed by atoms with van der Waals surface area (Å²) in [5.41, 5.74) is 3.20. The predicted octanol–water partition coefficient (Wildman–Crippen LogP) is 3.77. The van der Waals surface area contributed by atoms with Gasteiger partial charge in [-0.25, -0.2) is 4.98 Å². The van der Waals surface area contributed by atoms with Crippen LogP contribution in [0.25, 0.3) is 11.1 Å². The topological polar surface area (TPSA) is 29.3 Å². The van der Waals surface area contributed by atoms with Gasteiger partial charge in [0.05, 0.1) is 0 Å². The van der Waals surface area contributed by atoms with Gasteiger partial charge in [-0.15, -0.1) is 0 Å². The van der Waals surface area contributed by atoms with Gasteiger partial charge in [-0.2, -0.15) is 0 Å². The van der Waals surface area contributed by atoms with Gasteiger partial charge in [-0.05, 0) is 31.4 Å². The molecule has 3 rings (SSSR count). The fraction of sp³-hybridized carbons (Fsp3) is 0.533. The summed E-state index contributed by atoms with van der Waals surface area (Å²) in [5, 5.41) is 0. The quantitative estimate of drug-likeness (QED) is 0.819. The van der Waals surface area contributed by atoms with E-state index in [-0.39, 0.29) is 0 Å². The minimum Gasteiger partial charge on any atom is -0.441 e. The maximum Gasteiger partial charge on any atom is 0.195 e. The zero-order chi connectivity index (χ0) is 12.4. The van der Waals surface area contributed by atoms with E-state index in [4.69, 9.17) is 4.42 Å². The largest absolute Gasteiger partial charge is 0.441 e. The number of rotatable bonds is 4. The average Bonchev–Trinajstić information content (AvgIpc) is 3.03. The van der Waals surface area contributed by atoms with E-state index in [1.54, 1.807) is 0 Å². The molecule has 2 aromatic rings. The van der Waals surface area contributed by atoms with Crippen molar-refractivity contribution in [1.29, 1.82) is 0 Å². The van der Waals surface area contributed by atoms with Gasteiger partial charge >= 0.3 is 0 Å². The average molecular weight is 244 g/mol. The lowest BCUT2D eigenvalue weighted by Crippen LogP contribution is -2.17. The summed E-state index contributed by atoms with van der Waals surface area (Å²) >= 11 is 0. The molecule has 1 saturated heterocycles. The number of hydrogen-bond acceptors (Lipinski definition) is 3. The van der Waals surface area contributed by atoms with Gasteiger partial charge < -0.3 is 9.32 Å². The predicted molar refractivity (Wildman–Crippen MR) is 74.1 cm³/mol. The molecular formula is C15H20N2O. The van der Waals surface area contributed by atoms with E-state index in [1.807, 2.05) is 0 Å². The molecule has 1 fully saturated rings. The van der Waals surface area contributed by atoms with Crippen LogP contribution in [-0.2, 0) is 6.42 Å². The molecular weight excluding hydrogens is 224 g/mol. The van der Waals surface area contributed by atoms with Crippen molar-refractivity contribution in [1.82, 2.24) is 4.98 Å². The summed E-state index contributed by atoms with van der Waals surface area (Å²) in [4.78, 5) is 6.96. The van der Waals surface area contributed by atoms with Crippen molar-refractivity contribution in [2.24, 2.45) is 0 Å². The fourth-order valence-electron chi connectivity index (χ4n) is 2.57. The third-order valence-electron chi connectivity index (χ3n) is 3.63. The molecule has 1 aliphatic heterocycles. The first-order valence-electron chi connectivity index (χ1n) is 7.01. The lowest BCUT2D eigenvalue weighted by Gasteiger charge is -2.16. The molecule has 1 aromatic carbocycles. The summed E-state index contributed by atoms with van der Waals surface area (Å²) in [6.07, 6.45) is 5.88. The van der Waals surface area contributed by atoms with Crippen LogP contribution in [0, 0.1) is 0 Å². The monoisotopic (exact) mass is 244 g/mol. The Kier molecular flexibility index (Phi) is 3.22. The molecule has 2 heterocycles. The molecule has 1 aliphatic rings. The van der Waals surface area contributed by atoms with Gasteiger partial charge in [0.2, 0.25) is 0 Å². The van der Waals surface area contributed by atoms with Crippen LogP contribution in [0.2, 0.25) is 0 Å². The fourth-order valence-corrected chi connectivity index (χ4v) is 2.57. The van der Waals surface area contributed by atoms with E-state index in [2.05, 4.69) is 35.0 Å². The highest BCUT2D eigenvalue weighted by molar-refractivity contribution is 5.77. The summed E-state index contributed by atoms with van der Waals surface area (Å²) in [5.74, 6) is 0.880. The van der Waals surface area contributed by atoms with Crippen molar-refractivity contribution < 1.29 is 4.42 Å². The molecule has 0 saturated carbocycles. The summed E-state index contributed by atoms with van der Waals surface area (Å²) < 4.78 is 5.83. The number of oxazole rings is 1. The maximum absolute atomic E-state index is 5.83. The van der Waals surface area contributed by atoms with E-state index in [0.717, 1.165) is 29.8 Å². The molecule has 0 unspecified atom stereocenters. The molecule has 3 heteroatoms. The molecule has 0 aliphatic carbocycles. The molecule has 96 valence electrons. The highest BCUT2D eigenvalue weighted by Crippen LogP contribution is 2.25. The Bertz CT molecular complexity index is 526. The third kappa shape index (κ3) is 2.22. The first-order chi connectivity index (χ1) is 8.86. The number of fused-ring (bicyclic) bond motifs is 1. The highest BCUT2D eigenvalue weighted by atomic mass is 16.3. The Morgan fingerprint density at radius 1 is 1.28 bits per heavy atom. The lowest BCUT2D eigenvalue weighted by molar-refractivity contribution is 0.517. The van der Waals surface area contributed by atoms with E-state index in [1.165, 1.54) is 38.0 Å². The number of unbranched alkanes of at least 4 members (excludes halogenated alkanes) is 1. The van der Waals surface area contributed by atoms with Crippen molar-refractivity contribution in [3.8, 4) is 0 Å². The minimum absolute atomic E-state index is 0.880. The molecule has 0 N–H and O–H groups in total. The number of nitrogens with zero attached hydrogens (tertiary/aromatic N) is 2. The second kappa shape index (κ2) is 5.01. The van der Waals surface area contributed by atoms with Gasteiger partial charge in [-0.1, -0.05) is 13.3 Å². The minimum atomic E-state index is 0.880. The van der Waals surface area contributed by atoms with Crippen LogP contribution < -0.4 is 4.90 Å². The van der Waals surface area contributed by atoms with Gasteiger partial charge in [0, 0.05) is 31.3 Å². The van der Waals surface area contributed by atoms with Crippen LogP contribution in [0.1, 0.15) is 38.5 Å². The van der Waals surface area contributed by atoms with Gasteiger partial charge in [0.1, 0.15) is 5.52 Å². The highest BCUT2D eigenvalue weighted by Gasteiger charge is 2.14. The number of anilines is 1.